The molecule has 6 heteroatoms. The van der Waals surface area contributed by atoms with E-state index in [4.69, 9.17) is 0 Å². The third kappa shape index (κ3) is 4.24. The maximum absolute atomic E-state index is 12.3. The molecule has 0 atom stereocenters. The second-order valence-corrected chi connectivity index (χ2v) is 6.20. The molecule has 0 saturated heterocycles. The Morgan fingerprint density at radius 3 is 2.32 bits per heavy atom. The van der Waals surface area contributed by atoms with Crippen molar-refractivity contribution >= 4 is 11.7 Å². The van der Waals surface area contributed by atoms with Crippen LogP contribution in [-0.2, 0) is 11.2 Å². The second-order valence-electron chi connectivity index (χ2n) is 6.20. The summed E-state index contributed by atoms with van der Waals surface area (Å²) in [6.45, 7) is 0. The van der Waals surface area contributed by atoms with Crippen molar-refractivity contribution in [1.29, 1.82) is 0 Å². The molecule has 0 saturated carbocycles. The Bertz CT molecular complexity index is 963. The zero-order valence-corrected chi connectivity index (χ0v) is 15.0. The van der Waals surface area contributed by atoms with Crippen LogP contribution in [0.1, 0.15) is 5.56 Å². The Balaban J connectivity index is 1.38. The molecule has 0 unspecified atom stereocenters. The molecule has 0 aliphatic carbocycles. The summed E-state index contributed by atoms with van der Waals surface area (Å²) < 4.78 is 0. The van der Waals surface area contributed by atoms with E-state index in [2.05, 4.69) is 25.5 Å². The summed E-state index contributed by atoms with van der Waals surface area (Å²) in [6.07, 6.45) is 7.13. The van der Waals surface area contributed by atoms with Crippen LogP contribution in [0.3, 0.4) is 0 Å². The van der Waals surface area contributed by atoms with Crippen LogP contribution in [0.4, 0.5) is 5.82 Å². The molecule has 0 fully saturated rings. The van der Waals surface area contributed by atoms with Crippen molar-refractivity contribution in [2.24, 2.45) is 0 Å². The van der Waals surface area contributed by atoms with E-state index in [0.717, 1.165) is 27.9 Å². The highest BCUT2D eigenvalue weighted by Crippen LogP contribution is 2.19. The predicted molar refractivity (Wildman–Crippen MR) is 107 cm³/mol. The van der Waals surface area contributed by atoms with Crippen molar-refractivity contribution in [3.05, 3.63) is 91.0 Å². The van der Waals surface area contributed by atoms with E-state index in [1.165, 1.54) is 0 Å². The normalized spacial score (nSPS) is 10.4. The molecule has 136 valence electrons. The number of anilines is 1. The van der Waals surface area contributed by atoms with E-state index in [1.54, 1.807) is 24.7 Å². The highest BCUT2D eigenvalue weighted by atomic mass is 16.1. The minimum Gasteiger partial charge on any atom is -0.310 e. The van der Waals surface area contributed by atoms with Crippen molar-refractivity contribution < 1.29 is 4.79 Å². The van der Waals surface area contributed by atoms with Crippen LogP contribution in [0, 0.1) is 0 Å². The highest BCUT2D eigenvalue weighted by molar-refractivity contribution is 5.91. The molecular weight excluding hydrogens is 350 g/mol. The Hall–Kier alpha value is -3.93. The van der Waals surface area contributed by atoms with Crippen LogP contribution in [0.2, 0.25) is 0 Å². The predicted octanol–water partition coefficient (Wildman–Crippen LogP) is 3.78. The largest absolute Gasteiger partial charge is 0.310 e. The van der Waals surface area contributed by atoms with Gasteiger partial charge in [-0.15, -0.1) is 0 Å². The summed E-state index contributed by atoms with van der Waals surface area (Å²) in [5.41, 5.74) is 4.63. The number of hydrogen-bond acceptors (Lipinski definition) is 5. The topological polar surface area (TPSA) is 80.7 Å². The molecule has 0 radical (unpaired) electrons. The van der Waals surface area contributed by atoms with Gasteiger partial charge in [-0.1, -0.05) is 30.3 Å². The second kappa shape index (κ2) is 8.18. The summed E-state index contributed by atoms with van der Waals surface area (Å²) in [7, 11) is 0. The van der Waals surface area contributed by atoms with Gasteiger partial charge in [0, 0.05) is 30.4 Å². The molecule has 0 aliphatic heterocycles. The number of rotatable bonds is 5. The molecule has 1 N–H and O–H groups in total. The summed E-state index contributed by atoms with van der Waals surface area (Å²) in [5, 5.41) is 10.7. The van der Waals surface area contributed by atoms with Crippen molar-refractivity contribution in [2.45, 2.75) is 6.42 Å². The van der Waals surface area contributed by atoms with E-state index in [9.17, 15) is 4.79 Å². The fourth-order valence-corrected chi connectivity index (χ4v) is 2.80. The molecule has 6 nitrogen and oxygen atoms in total. The number of carbonyl (C=O) groups is 1. The van der Waals surface area contributed by atoms with Gasteiger partial charge in [0.2, 0.25) is 5.91 Å². The number of aromatic nitrogens is 4. The minimum atomic E-state index is -0.117. The Kier molecular flexibility index (Phi) is 5.11. The van der Waals surface area contributed by atoms with Gasteiger partial charge in [0.1, 0.15) is 5.82 Å². The first-order valence-corrected chi connectivity index (χ1v) is 8.81. The van der Waals surface area contributed by atoms with Gasteiger partial charge in [0.25, 0.3) is 0 Å². The van der Waals surface area contributed by atoms with Crippen molar-refractivity contribution in [2.75, 3.05) is 5.32 Å². The van der Waals surface area contributed by atoms with Gasteiger partial charge in [-0.25, -0.2) is 4.98 Å². The fourth-order valence-electron chi connectivity index (χ4n) is 2.80. The maximum Gasteiger partial charge on any atom is 0.229 e. The lowest BCUT2D eigenvalue weighted by atomic mass is 10.0. The Morgan fingerprint density at radius 1 is 0.821 bits per heavy atom. The van der Waals surface area contributed by atoms with Crippen molar-refractivity contribution in [1.82, 2.24) is 20.2 Å². The lowest BCUT2D eigenvalue weighted by molar-refractivity contribution is -0.115. The maximum atomic E-state index is 12.3. The zero-order chi connectivity index (χ0) is 19.2. The summed E-state index contributed by atoms with van der Waals surface area (Å²) >= 11 is 0. The zero-order valence-electron chi connectivity index (χ0n) is 15.0. The Labute approximate surface area is 162 Å². The first kappa shape index (κ1) is 17.5. The van der Waals surface area contributed by atoms with Crippen LogP contribution in [0.15, 0.2) is 85.5 Å². The fraction of sp³-hybridized carbons (Fsp3) is 0.0455. The van der Waals surface area contributed by atoms with Gasteiger partial charge in [0.05, 0.1) is 12.1 Å². The van der Waals surface area contributed by atoms with E-state index >= 15 is 0 Å². The van der Waals surface area contributed by atoms with E-state index in [1.807, 2.05) is 60.8 Å². The molecule has 0 bridgehead atoms. The third-order valence-electron chi connectivity index (χ3n) is 4.21. The average Bonchev–Trinajstić information content (AvgIpc) is 2.76. The van der Waals surface area contributed by atoms with Crippen LogP contribution in [0.5, 0.6) is 0 Å². The summed E-state index contributed by atoms with van der Waals surface area (Å²) in [4.78, 5) is 20.7. The summed E-state index contributed by atoms with van der Waals surface area (Å²) in [5.74, 6) is 0.388. The average molecular weight is 367 g/mol. The lowest BCUT2D eigenvalue weighted by Gasteiger charge is -2.07. The molecule has 0 spiro atoms. The van der Waals surface area contributed by atoms with E-state index < -0.39 is 0 Å². The number of nitrogens with zero attached hydrogens (tertiary/aromatic N) is 4. The van der Waals surface area contributed by atoms with E-state index in [0.29, 0.717) is 5.82 Å². The first-order valence-electron chi connectivity index (χ1n) is 8.81. The highest BCUT2D eigenvalue weighted by Gasteiger charge is 2.07. The van der Waals surface area contributed by atoms with Gasteiger partial charge in [-0.2, -0.15) is 10.2 Å². The van der Waals surface area contributed by atoms with Crippen LogP contribution < -0.4 is 5.32 Å². The van der Waals surface area contributed by atoms with Crippen LogP contribution >= 0.6 is 0 Å². The smallest absolute Gasteiger partial charge is 0.229 e. The number of hydrogen-bond donors (Lipinski definition) is 1. The molecule has 3 aromatic heterocycles. The van der Waals surface area contributed by atoms with Gasteiger partial charge in [0.15, 0.2) is 0 Å². The van der Waals surface area contributed by atoms with Gasteiger partial charge in [-0.05, 0) is 47.0 Å². The van der Waals surface area contributed by atoms with Gasteiger partial charge in [-0.3, -0.25) is 9.78 Å². The molecule has 28 heavy (non-hydrogen) atoms. The minimum absolute atomic E-state index is 0.117. The lowest BCUT2D eigenvalue weighted by Crippen LogP contribution is -2.15. The molecule has 3 heterocycles. The third-order valence-corrected chi connectivity index (χ3v) is 4.21. The van der Waals surface area contributed by atoms with E-state index in [-0.39, 0.29) is 12.3 Å². The van der Waals surface area contributed by atoms with Gasteiger partial charge >= 0.3 is 0 Å². The molecule has 0 aliphatic rings. The Morgan fingerprint density at radius 2 is 1.64 bits per heavy atom. The summed E-state index contributed by atoms with van der Waals surface area (Å²) in [6, 6.07) is 19.1. The molecular formula is C22H17N5O. The quantitative estimate of drug-likeness (QED) is 0.580. The number of pyridine rings is 2. The monoisotopic (exact) mass is 367 g/mol. The molecule has 1 amide bonds. The SMILES string of the molecule is O=C(Cc1ccc(-c2cccnc2)cc1)Nc1ccc(-c2cccnn2)cn1. The number of nitrogens with one attached hydrogen (secondary N) is 1. The van der Waals surface area contributed by atoms with Gasteiger partial charge < -0.3 is 5.32 Å². The molecule has 1 aromatic carbocycles. The van der Waals surface area contributed by atoms with Crippen molar-refractivity contribution in [3.8, 4) is 22.4 Å². The van der Waals surface area contributed by atoms with Crippen molar-refractivity contribution in [3.63, 3.8) is 0 Å². The first-order chi connectivity index (χ1) is 13.8. The number of benzene rings is 1. The molecule has 4 rings (SSSR count). The van der Waals surface area contributed by atoms with Crippen LogP contribution in [-0.4, -0.2) is 26.1 Å². The van der Waals surface area contributed by atoms with Crippen LogP contribution in [0.25, 0.3) is 22.4 Å². The molecule has 4 aromatic rings. The number of carbonyl (C=O) groups excluding carboxylic acids is 1. The number of amides is 1. The standard InChI is InChI=1S/C22H17N5O/c28-22(13-16-5-7-17(8-6-16)18-3-1-11-23-14-18)26-21-10-9-19(15-24-21)20-4-2-12-25-27-20/h1-12,14-15H,13H2,(H,24,26,28).